The molecule has 1 atom stereocenters. The zero-order valence-electron chi connectivity index (χ0n) is 10.1. The smallest absolute Gasteiger partial charge is 0.151 e. The van der Waals surface area contributed by atoms with Gasteiger partial charge in [-0.15, -0.1) is 0 Å². The number of phenols is 1. The molecule has 1 saturated heterocycles. The van der Waals surface area contributed by atoms with Gasteiger partial charge in [0.2, 0.25) is 0 Å². The first-order valence-electron chi connectivity index (χ1n) is 5.75. The van der Waals surface area contributed by atoms with Crippen molar-refractivity contribution in [3.63, 3.8) is 0 Å². The average molecular weight is 290 g/mol. The van der Waals surface area contributed by atoms with E-state index in [1.807, 2.05) is 11.9 Å². The predicted octanol–water partition coefficient (Wildman–Crippen LogP) is 1.66. The van der Waals surface area contributed by atoms with Gasteiger partial charge in [0.15, 0.2) is 9.84 Å². The van der Waals surface area contributed by atoms with Crippen molar-refractivity contribution in [1.82, 2.24) is 4.90 Å². The Kier molecular flexibility index (Phi) is 3.84. The van der Waals surface area contributed by atoms with E-state index in [-0.39, 0.29) is 23.3 Å². The Morgan fingerprint density at radius 1 is 1.50 bits per heavy atom. The van der Waals surface area contributed by atoms with Crippen LogP contribution in [-0.2, 0) is 16.4 Å². The SMILES string of the molecule is CN(Cc1ccc(O)c(Cl)c1)C1CCS(=O)(=O)C1. The largest absolute Gasteiger partial charge is 0.506 e. The Labute approximate surface area is 112 Å². The van der Waals surface area contributed by atoms with E-state index in [0.717, 1.165) is 5.56 Å². The van der Waals surface area contributed by atoms with Crippen LogP contribution in [0.4, 0.5) is 0 Å². The summed E-state index contributed by atoms with van der Waals surface area (Å²) in [6.07, 6.45) is 0.685. The van der Waals surface area contributed by atoms with Crippen molar-refractivity contribution < 1.29 is 13.5 Å². The van der Waals surface area contributed by atoms with E-state index in [1.165, 1.54) is 0 Å². The molecule has 1 N–H and O–H groups in total. The molecule has 0 amide bonds. The number of hydrogen-bond acceptors (Lipinski definition) is 4. The number of phenolic OH excluding ortho intramolecular Hbond substituents is 1. The molecule has 1 heterocycles. The Morgan fingerprint density at radius 3 is 2.78 bits per heavy atom. The summed E-state index contributed by atoms with van der Waals surface area (Å²) in [5, 5.41) is 9.65. The number of aromatic hydroxyl groups is 1. The topological polar surface area (TPSA) is 57.6 Å². The summed E-state index contributed by atoms with van der Waals surface area (Å²) >= 11 is 5.84. The van der Waals surface area contributed by atoms with Crippen LogP contribution in [0.3, 0.4) is 0 Å². The second-order valence-electron chi connectivity index (χ2n) is 4.76. The van der Waals surface area contributed by atoms with Crippen LogP contribution in [0, 0.1) is 0 Å². The van der Waals surface area contributed by atoms with E-state index in [1.54, 1.807) is 18.2 Å². The third-order valence-electron chi connectivity index (χ3n) is 3.28. The van der Waals surface area contributed by atoms with Gasteiger partial charge in [-0.25, -0.2) is 8.42 Å². The van der Waals surface area contributed by atoms with Gasteiger partial charge in [-0.1, -0.05) is 17.7 Å². The highest BCUT2D eigenvalue weighted by atomic mass is 35.5. The van der Waals surface area contributed by atoms with Crippen LogP contribution in [-0.4, -0.2) is 43.0 Å². The Bertz CT molecular complexity index is 544. The maximum absolute atomic E-state index is 11.4. The molecule has 2 rings (SSSR count). The van der Waals surface area contributed by atoms with E-state index in [2.05, 4.69) is 0 Å². The fraction of sp³-hybridized carbons (Fsp3) is 0.500. The molecule has 100 valence electrons. The van der Waals surface area contributed by atoms with Crippen LogP contribution in [0.5, 0.6) is 5.75 Å². The standard InChI is InChI=1S/C12H16ClNO3S/c1-14(10-4-5-18(16,17)8-10)7-9-2-3-12(15)11(13)6-9/h2-3,6,10,15H,4-5,7-8H2,1H3. The molecule has 0 bridgehead atoms. The maximum atomic E-state index is 11.4. The van der Waals surface area contributed by atoms with E-state index in [0.29, 0.717) is 18.0 Å². The second-order valence-corrected chi connectivity index (χ2v) is 7.39. The summed E-state index contributed by atoms with van der Waals surface area (Å²) in [5.41, 5.74) is 0.963. The molecular formula is C12H16ClNO3S. The predicted molar refractivity (Wildman–Crippen MR) is 71.6 cm³/mol. The Morgan fingerprint density at radius 2 is 2.22 bits per heavy atom. The lowest BCUT2D eigenvalue weighted by molar-refractivity contribution is 0.254. The minimum atomic E-state index is -2.86. The van der Waals surface area contributed by atoms with Gasteiger partial charge in [-0.05, 0) is 31.2 Å². The van der Waals surface area contributed by atoms with Gasteiger partial charge in [-0.3, -0.25) is 4.90 Å². The van der Waals surface area contributed by atoms with Crippen LogP contribution >= 0.6 is 11.6 Å². The monoisotopic (exact) mass is 289 g/mol. The van der Waals surface area contributed by atoms with Crippen LogP contribution in [0.1, 0.15) is 12.0 Å². The number of hydrogen-bond donors (Lipinski definition) is 1. The molecule has 4 nitrogen and oxygen atoms in total. The molecule has 0 aliphatic carbocycles. The van der Waals surface area contributed by atoms with Gasteiger partial charge in [0, 0.05) is 12.6 Å². The number of benzene rings is 1. The Balaban J connectivity index is 2.03. The number of nitrogens with zero attached hydrogens (tertiary/aromatic N) is 1. The zero-order chi connectivity index (χ0) is 13.3. The summed E-state index contributed by atoms with van der Waals surface area (Å²) < 4.78 is 22.8. The highest BCUT2D eigenvalue weighted by Gasteiger charge is 2.30. The molecule has 18 heavy (non-hydrogen) atoms. The fourth-order valence-electron chi connectivity index (χ4n) is 2.19. The molecule has 6 heteroatoms. The van der Waals surface area contributed by atoms with Crippen LogP contribution in [0.15, 0.2) is 18.2 Å². The summed E-state index contributed by atoms with van der Waals surface area (Å²) in [5.74, 6) is 0.569. The molecule has 1 aromatic carbocycles. The third kappa shape index (κ3) is 3.16. The number of halogens is 1. The highest BCUT2D eigenvalue weighted by Crippen LogP contribution is 2.25. The van der Waals surface area contributed by atoms with Gasteiger partial charge in [0.25, 0.3) is 0 Å². The molecule has 0 radical (unpaired) electrons. The molecule has 0 aromatic heterocycles. The first-order valence-corrected chi connectivity index (χ1v) is 7.95. The van der Waals surface area contributed by atoms with E-state index >= 15 is 0 Å². The minimum Gasteiger partial charge on any atom is -0.506 e. The zero-order valence-corrected chi connectivity index (χ0v) is 11.7. The van der Waals surface area contributed by atoms with Crippen molar-refractivity contribution in [3.05, 3.63) is 28.8 Å². The van der Waals surface area contributed by atoms with E-state index in [9.17, 15) is 13.5 Å². The second kappa shape index (κ2) is 5.07. The fourth-order valence-corrected chi connectivity index (χ4v) is 4.20. The molecule has 1 aliphatic heterocycles. The van der Waals surface area contributed by atoms with E-state index < -0.39 is 9.84 Å². The van der Waals surface area contributed by atoms with Crippen molar-refractivity contribution >= 4 is 21.4 Å². The highest BCUT2D eigenvalue weighted by molar-refractivity contribution is 7.91. The van der Waals surface area contributed by atoms with Crippen molar-refractivity contribution in [3.8, 4) is 5.75 Å². The Hall–Kier alpha value is -0.780. The molecule has 1 aromatic rings. The summed E-state index contributed by atoms with van der Waals surface area (Å²) in [6, 6.07) is 5.12. The molecule has 1 fully saturated rings. The number of rotatable bonds is 3. The van der Waals surface area contributed by atoms with Gasteiger partial charge < -0.3 is 5.11 Å². The molecular weight excluding hydrogens is 274 g/mol. The van der Waals surface area contributed by atoms with Gasteiger partial charge in [0.05, 0.1) is 16.5 Å². The average Bonchev–Trinajstić information content (AvgIpc) is 2.64. The van der Waals surface area contributed by atoms with Crippen molar-refractivity contribution in [1.29, 1.82) is 0 Å². The van der Waals surface area contributed by atoms with Crippen LogP contribution in [0.2, 0.25) is 5.02 Å². The first kappa shape index (κ1) is 13.6. The van der Waals surface area contributed by atoms with Crippen molar-refractivity contribution in [2.75, 3.05) is 18.6 Å². The quantitative estimate of drug-likeness (QED) is 0.919. The molecule has 0 saturated carbocycles. The van der Waals surface area contributed by atoms with Crippen LogP contribution in [0.25, 0.3) is 0 Å². The lowest BCUT2D eigenvalue weighted by Gasteiger charge is -2.23. The van der Waals surface area contributed by atoms with Gasteiger partial charge in [-0.2, -0.15) is 0 Å². The third-order valence-corrected chi connectivity index (χ3v) is 5.33. The van der Waals surface area contributed by atoms with Gasteiger partial charge >= 0.3 is 0 Å². The number of sulfone groups is 1. The summed E-state index contributed by atoms with van der Waals surface area (Å²) in [4.78, 5) is 2.02. The van der Waals surface area contributed by atoms with Gasteiger partial charge in [0.1, 0.15) is 5.75 Å². The molecule has 1 aliphatic rings. The van der Waals surface area contributed by atoms with Crippen molar-refractivity contribution in [2.24, 2.45) is 0 Å². The molecule has 0 spiro atoms. The van der Waals surface area contributed by atoms with Crippen LogP contribution < -0.4 is 0 Å². The summed E-state index contributed by atoms with van der Waals surface area (Å²) in [7, 11) is -0.946. The minimum absolute atomic E-state index is 0.0616. The lowest BCUT2D eigenvalue weighted by atomic mass is 10.1. The first-order chi connectivity index (χ1) is 8.37. The molecule has 1 unspecified atom stereocenters. The van der Waals surface area contributed by atoms with Crippen molar-refractivity contribution in [2.45, 2.75) is 19.0 Å². The lowest BCUT2D eigenvalue weighted by Crippen LogP contribution is -2.32. The maximum Gasteiger partial charge on any atom is 0.151 e. The van der Waals surface area contributed by atoms with E-state index in [4.69, 9.17) is 11.6 Å². The summed E-state index contributed by atoms with van der Waals surface area (Å²) in [6.45, 7) is 0.625. The normalized spacial score (nSPS) is 22.5.